The number of guanidine groups is 1. The Balaban J connectivity index is 0.00000280. The van der Waals surface area contributed by atoms with Gasteiger partial charge < -0.3 is 15.2 Å². The maximum Gasteiger partial charge on any atom is 0.191 e. The summed E-state index contributed by atoms with van der Waals surface area (Å²) >= 11 is 0. The van der Waals surface area contributed by atoms with Crippen LogP contribution >= 0.6 is 24.0 Å². The third-order valence-electron chi connectivity index (χ3n) is 4.92. The second-order valence-electron chi connectivity index (χ2n) is 7.11. The number of benzene rings is 1. The number of hydrogen-bond acceptors (Lipinski definition) is 4. The molecule has 0 radical (unpaired) electrons. The number of piperidine rings is 1. The molecule has 2 heterocycles. The number of nitrogens with zero attached hydrogens (tertiary/aromatic N) is 5. The summed E-state index contributed by atoms with van der Waals surface area (Å²) in [6, 6.07) is 11.2. The summed E-state index contributed by atoms with van der Waals surface area (Å²) < 4.78 is 2.01. The van der Waals surface area contributed by atoms with Crippen LogP contribution in [0.15, 0.2) is 48.0 Å². The van der Waals surface area contributed by atoms with Gasteiger partial charge in [0, 0.05) is 39.3 Å². The molecule has 0 spiro atoms. The van der Waals surface area contributed by atoms with Crippen LogP contribution in [0.4, 0.5) is 0 Å². The van der Waals surface area contributed by atoms with E-state index in [1.54, 1.807) is 12.7 Å². The molecule has 1 atom stereocenters. The molecule has 8 heteroatoms. The van der Waals surface area contributed by atoms with E-state index in [1.165, 1.54) is 24.9 Å². The van der Waals surface area contributed by atoms with E-state index in [0.29, 0.717) is 6.04 Å². The zero-order chi connectivity index (χ0) is 18.7. The molecule has 1 aromatic carbocycles. The molecular weight excluding hydrogens is 465 g/mol. The highest BCUT2D eigenvalue weighted by Crippen LogP contribution is 2.13. The molecule has 2 aromatic rings. The second-order valence-corrected chi connectivity index (χ2v) is 7.11. The van der Waals surface area contributed by atoms with Crippen LogP contribution in [0.1, 0.15) is 31.2 Å². The summed E-state index contributed by atoms with van der Waals surface area (Å²) in [6.45, 7) is 5.12. The Morgan fingerprint density at radius 1 is 1.18 bits per heavy atom. The highest BCUT2D eigenvalue weighted by Gasteiger charge is 2.20. The van der Waals surface area contributed by atoms with Gasteiger partial charge in [-0.2, -0.15) is 0 Å². The van der Waals surface area contributed by atoms with Crippen molar-refractivity contribution < 1.29 is 0 Å². The van der Waals surface area contributed by atoms with E-state index in [9.17, 15) is 0 Å². The van der Waals surface area contributed by atoms with Gasteiger partial charge in [0.15, 0.2) is 5.96 Å². The summed E-state index contributed by atoms with van der Waals surface area (Å²) in [6.07, 6.45) is 8.12. The standard InChI is InChI=1S/C20H31N7.HI/c1-21-20(22-11-5-6-12-27-16-23-24-17-27)25-19-10-7-13-26(15-19)14-18-8-3-2-4-9-18;/h2-4,8-9,16-17,19H,5-7,10-15H2,1H3,(H2,21,22,25);1H. The van der Waals surface area contributed by atoms with Gasteiger partial charge in [-0.05, 0) is 37.8 Å². The molecule has 1 fully saturated rings. The zero-order valence-electron chi connectivity index (χ0n) is 16.6. The Morgan fingerprint density at radius 3 is 2.71 bits per heavy atom. The lowest BCUT2D eigenvalue weighted by Gasteiger charge is -2.34. The van der Waals surface area contributed by atoms with Crippen LogP contribution in [0.2, 0.25) is 0 Å². The quantitative estimate of drug-likeness (QED) is 0.254. The van der Waals surface area contributed by atoms with Gasteiger partial charge in [0.25, 0.3) is 0 Å². The predicted octanol–water partition coefficient (Wildman–Crippen LogP) is 2.51. The SMILES string of the molecule is CN=C(NCCCCn1cnnc1)NC1CCCN(Cc2ccccc2)C1.I. The molecular formula is C20H32IN7. The van der Waals surface area contributed by atoms with Crippen LogP contribution < -0.4 is 10.6 Å². The third kappa shape index (κ3) is 7.75. The number of nitrogens with one attached hydrogen (secondary N) is 2. The number of aliphatic imine (C=N–C) groups is 1. The third-order valence-corrected chi connectivity index (χ3v) is 4.92. The van der Waals surface area contributed by atoms with Gasteiger partial charge in [0.1, 0.15) is 12.7 Å². The van der Waals surface area contributed by atoms with E-state index in [0.717, 1.165) is 45.0 Å². The summed E-state index contributed by atoms with van der Waals surface area (Å²) in [5.74, 6) is 0.908. The van der Waals surface area contributed by atoms with Crippen molar-refractivity contribution in [2.45, 2.75) is 44.8 Å². The first-order valence-corrected chi connectivity index (χ1v) is 9.89. The van der Waals surface area contributed by atoms with E-state index in [4.69, 9.17) is 0 Å². The first-order chi connectivity index (χ1) is 13.3. The fourth-order valence-corrected chi connectivity index (χ4v) is 3.51. The highest BCUT2D eigenvalue weighted by atomic mass is 127. The second kappa shape index (κ2) is 12.7. The fourth-order valence-electron chi connectivity index (χ4n) is 3.51. The van der Waals surface area contributed by atoms with Crippen LogP contribution in [-0.2, 0) is 13.1 Å². The van der Waals surface area contributed by atoms with Gasteiger partial charge in [-0.25, -0.2) is 0 Å². The molecule has 0 saturated carbocycles. The zero-order valence-corrected chi connectivity index (χ0v) is 19.0. The van der Waals surface area contributed by atoms with Crippen molar-refractivity contribution in [3.8, 4) is 0 Å². The van der Waals surface area contributed by atoms with Crippen molar-refractivity contribution in [1.29, 1.82) is 0 Å². The Hall–Kier alpha value is -1.68. The van der Waals surface area contributed by atoms with Crippen LogP contribution in [0.3, 0.4) is 0 Å². The van der Waals surface area contributed by atoms with E-state index in [1.807, 2.05) is 11.6 Å². The molecule has 1 unspecified atom stereocenters. The normalized spacial score (nSPS) is 17.8. The number of likely N-dealkylation sites (tertiary alicyclic amines) is 1. The average Bonchev–Trinajstić information content (AvgIpc) is 3.21. The molecule has 1 aliphatic rings. The van der Waals surface area contributed by atoms with E-state index < -0.39 is 0 Å². The van der Waals surface area contributed by atoms with Crippen molar-refractivity contribution >= 4 is 29.9 Å². The number of rotatable bonds is 8. The molecule has 0 bridgehead atoms. The Kier molecular flexibility index (Phi) is 10.3. The summed E-state index contributed by atoms with van der Waals surface area (Å²) in [7, 11) is 1.84. The molecule has 0 aliphatic carbocycles. The molecule has 1 aliphatic heterocycles. The number of hydrogen-bond donors (Lipinski definition) is 2. The largest absolute Gasteiger partial charge is 0.356 e. The molecule has 0 amide bonds. The smallest absolute Gasteiger partial charge is 0.191 e. The Bertz CT molecular complexity index is 675. The Labute approximate surface area is 185 Å². The van der Waals surface area contributed by atoms with Crippen LogP contribution in [0.5, 0.6) is 0 Å². The molecule has 2 N–H and O–H groups in total. The topological polar surface area (TPSA) is 70.4 Å². The predicted molar refractivity (Wildman–Crippen MR) is 124 cm³/mol. The highest BCUT2D eigenvalue weighted by molar-refractivity contribution is 14.0. The summed E-state index contributed by atoms with van der Waals surface area (Å²) in [5, 5.41) is 14.7. The van der Waals surface area contributed by atoms with Gasteiger partial charge in [0.05, 0.1) is 0 Å². The van der Waals surface area contributed by atoms with Gasteiger partial charge in [-0.15, -0.1) is 34.2 Å². The molecule has 1 saturated heterocycles. The minimum atomic E-state index is 0. The monoisotopic (exact) mass is 497 g/mol. The maximum atomic E-state index is 4.39. The van der Waals surface area contributed by atoms with Crippen molar-refractivity contribution in [3.63, 3.8) is 0 Å². The fraction of sp³-hybridized carbons (Fsp3) is 0.550. The molecule has 3 rings (SSSR count). The lowest BCUT2D eigenvalue weighted by atomic mass is 10.0. The van der Waals surface area contributed by atoms with Gasteiger partial charge in [-0.1, -0.05) is 30.3 Å². The molecule has 28 heavy (non-hydrogen) atoms. The van der Waals surface area contributed by atoms with Crippen molar-refractivity contribution in [1.82, 2.24) is 30.3 Å². The number of unbranched alkanes of at least 4 members (excludes halogenated alkanes) is 1. The van der Waals surface area contributed by atoms with Gasteiger partial charge in [-0.3, -0.25) is 9.89 Å². The number of aryl methyl sites for hydroxylation is 1. The van der Waals surface area contributed by atoms with Crippen molar-refractivity contribution in [3.05, 3.63) is 48.5 Å². The minimum absolute atomic E-state index is 0. The average molecular weight is 497 g/mol. The lowest BCUT2D eigenvalue weighted by molar-refractivity contribution is 0.192. The number of aromatic nitrogens is 3. The summed E-state index contributed by atoms with van der Waals surface area (Å²) in [5.41, 5.74) is 1.38. The summed E-state index contributed by atoms with van der Waals surface area (Å²) in [4.78, 5) is 6.92. The van der Waals surface area contributed by atoms with Gasteiger partial charge in [0.2, 0.25) is 0 Å². The first kappa shape index (κ1) is 22.6. The van der Waals surface area contributed by atoms with E-state index in [2.05, 4.69) is 61.1 Å². The molecule has 1 aromatic heterocycles. The number of halogens is 1. The van der Waals surface area contributed by atoms with Crippen LogP contribution in [0.25, 0.3) is 0 Å². The van der Waals surface area contributed by atoms with E-state index >= 15 is 0 Å². The van der Waals surface area contributed by atoms with Crippen LogP contribution in [-0.4, -0.2) is 58.3 Å². The van der Waals surface area contributed by atoms with E-state index in [-0.39, 0.29) is 24.0 Å². The van der Waals surface area contributed by atoms with Crippen molar-refractivity contribution in [2.24, 2.45) is 4.99 Å². The van der Waals surface area contributed by atoms with Crippen LogP contribution in [0, 0.1) is 0 Å². The first-order valence-electron chi connectivity index (χ1n) is 9.89. The van der Waals surface area contributed by atoms with Gasteiger partial charge >= 0.3 is 0 Å². The van der Waals surface area contributed by atoms with Crippen molar-refractivity contribution in [2.75, 3.05) is 26.7 Å². The molecule has 154 valence electrons. The molecule has 7 nitrogen and oxygen atoms in total. The maximum absolute atomic E-state index is 4.39. The lowest BCUT2D eigenvalue weighted by Crippen LogP contribution is -2.51. The minimum Gasteiger partial charge on any atom is -0.356 e. The Morgan fingerprint density at radius 2 is 1.96 bits per heavy atom.